The zero-order chi connectivity index (χ0) is 12.8. The summed E-state index contributed by atoms with van der Waals surface area (Å²) in [5.74, 6) is -2.40. The molecule has 0 fully saturated rings. The number of nitrogens with zero attached hydrogens (tertiary/aromatic N) is 3. The molecule has 0 saturated carbocycles. The highest BCUT2D eigenvalue weighted by Crippen LogP contribution is 2.37. The smallest absolute Gasteiger partial charge is 0.359 e. The van der Waals surface area contributed by atoms with Crippen LogP contribution in [0.25, 0.3) is 0 Å². The standard InChI is InChI=1S/C10H13N3O4/c1-6-9(2,16)13-4-3-11-5-7(13)12-10(6,17)8(14)15/h3-6,16-17H,1-2H3,(H,14,15). The lowest BCUT2D eigenvalue weighted by molar-refractivity contribution is -0.192. The van der Waals surface area contributed by atoms with Crippen molar-refractivity contribution in [2.24, 2.45) is 15.9 Å². The third-order valence-corrected chi connectivity index (χ3v) is 3.25. The first-order valence-electron chi connectivity index (χ1n) is 5.07. The van der Waals surface area contributed by atoms with Gasteiger partial charge in [0.05, 0.1) is 12.1 Å². The summed E-state index contributed by atoms with van der Waals surface area (Å²) in [6.45, 7) is 2.84. The van der Waals surface area contributed by atoms with Crippen molar-refractivity contribution in [3.05, 3.63) is 12.4 Å². The fourth-order valence-electron chi connectivity index (χ4n) is 1.91. The Kier molecular flexibility index (Phi) is 2.33. The highest BCUT2D eigenvalue weighted by molar-refractivity contribution is 6.31. The summed E-state index contributed by atoms with van der Waals surface area (Å²) in [4.78, 5) is 20.0. The van der Waals surface area contributed by atoms with Gasteiger partial charge >= 0.3 is 5.97 Å². The van der Waals surface area contributed by atoms with Gasteiger partial charge in [-0.05, 0) is 6.92 Å². The Morgan fingerprint density at radius 3 is 2.76 bits per heavy atom. The zero-order valence-corrected chi connectivity index (χ0v) is 9.40. The van der Waals surface area contributed by atoms with Crippen LogP contribution in [0.5, 0.6) is 0 Å². The largest absolute Gasteiger partial charge is 0.478 e. The molecule has 3 N–H and O–H groups in total. The number of aliphatic hydroxyl groups is 2. The normalized spacial score (nSPS) is 39.9. The first-order valence-corrected chi connectivity index (χ1v) is 5.07. The van der Waals surface area contributed by atoms with Crippen LogP contribution in [0.4, 0.5) is 0 Å². The molecule has 0 aromatic heterocycles. The molecule has 2 heterocycles. The molecule has 0 aliphatic carbocycles. The number of amidine groups is 1. The molecule has 17 heavy (non-hydrogen) atoms. The maximum atomic E-state index is 11.1. The van der Waals surface area contributed by atoms with Gasteiger partial charge in [-0.2, -0.15) is 0 Å². The van der Waals surface area contributed by atoms with Crippen LogP contribution in [0.3, 0.4) is 0 Å². The van der Waals surface area contributed by atoms with Crippen molar-refractivity contribution < 1.29 is 20.1 Å². The van der Waals surface area contributed by atoms with Crippen molar-refractivity contribution in [3.8, 4) is 0 Å². The molecule has 0 aromatic carbocycles. The summed E-state index contributed by atoms with van der Waals surface area (Å²) in [5, 5.41) is 29.4. The fourth-order valence-corrected chi connectivity index (χ4v) is 1.91. The van der Waals surface area contributed by atoms with Gasteiger partial charge in [-0.25, -0.2) is 9.79 Å². The molecule has 0 bridgehead atoms. The summed E-state index contributed by atoms with van der Waals surface area (Å²) in [6.07, 6.45) is 4.22. The predicted octanol–water partition coefficient (Wildman–Crippen LogP) is -0.626. The van der Waals surface area contributed by atoms with Gasteiger partial charge in [0.1, 0.15) is 5.72 Å². The third-order valence-electron chi connectivity index (χ3n) is 3.25. The maximum Gasteiger partial charge on any atom is 0.359 e. The molecular formula is C10H13N3O4. The van der Waals surface area contributed by atoms with Gasteiger partial charge in [0.2, 0.25) is 0 Å². The molecule has 0 radical (unpaired) electrons. The van der Waals surface area contributed by atoms with Gasteiger partial charge in [-0.15, -0.1) is 0 Å². The van der Waals surface area contributed by atoms with Crippen molar-refractivity contribution >= 4 is 18.0 Å². The number of carboxylic acid groups (broad SMARTS) is 1. The third kappa shape index (κ3) is 1.47. The molecular weight excluding hydrogens is 226 g/mol. The number of aliphatic imine (C=N–C) groups is 2. The van der Waals surface area contributed by atoms with E-state index in [1.807, 2.05) is 0 Å². The fraction of sp³-hybridized carbons (Fsp3) is 0.500. The Hall–Kier alpha value is -1.73. The van der Waals surface area contributed by atoms with Crippen LogP contribution in [-0.4, -0.2) is 49.7 Å². The molecule has 7 nitrogen and oxygen atoms in total. The van der Waals surface area contributed by atoms with Crippen LogP contribution < -0.4 is 0 Å². The highest BCUT2D eigenvalue weighted by Gasteiger charge is 2.56. The summed E-state index contributed by atoms with van der Waals surface area (Å²) >= 11 is 0. The Labute approximate surface area is 97.4 Å². The predicted molar refractivity (Wildman–Crippen MR) is 59.3 cm³/mol. The van der Waals surface area contributed by atoms with Crippen molar-refractivity contribution in [2.45, 2.75) is 25.3 Å². The molecule has 0 spiro atoms. The highest BCUT2D eigenvalue weighted by atomic mass is 16.4. The second kappa shape index (κ2) is 3.38. The van der Waals surface area contributed by atoms with E-state index in [1.54, 1.807) is 0 Å². The minimum Gasteiger partial charge on any atom is -0.478 e. The second-order valence-corrected chi connectivity index (χ2v) is 4.26. The number of carboxylic acids is 1. The molecule has 2 rings (SSSR count). The van der Waals surface area contributed by atoms with Crippen molar-refractivity contribution in [1.29, 1.82) is 0 Å². The molecule has 2 aliphatic rings. The number of aliphatic carboxylic acids is 1. The number of rotatable bonds is 1. The summed E-state index contributed by atoms with van der Waals surface area (Å²) < 4.78 is 0. The summed E-state index contributed by atoms with van der Waals surface area (Å²) in [5.41, 5.74) is -3.92. The Morgan fingerprint density at radius 1 is 1.53 bits per heavy atom. The minimum absolute atomic E-state index is 0.112. The molecule has 0 saturated heterocycles. The topological polar surface area (TPSA) is 106 Å². The van der Waals surface area contributed by atoms with Gasteiger partial charge in [0.15, 0.2) is 5.84 Å². The van der Waals surface area contributed by atoms with Crippen LogP contribution in [0.1, 0.15) is 13.8 Å². The monoisotopic (exact) mass is 239 g/mol. The van der Waals surface area contributed by atoms with E-state index in [9.17, 15) is 15.0 Å². The van der Waals surface area contributed by atoms with Gasteiger partial charge < -0.3 is 20.2 Å². The first kappa shape index (κ1) is 11.7. The van der Waals surface area contributed by atoms with E-state index < -0.39 is 23.3 Å². The molecule has 3 unspecified atom stereocenters. The number of hydrogen-bond donors (Lipinski definition) is 3. The zero-order valence-electron chi connectivity index (χ0n) is 9.40. The van der Waals surface area contributed by atoms with E-state index >= 15 is 0 Å². The van der Waals surface area contributed by atoms with E-state index in [2.05, 4.69) is 9.98 Å². The molecule has 3 atom stereocenters. The quantitative estimate of drug-likeness (QED) is 0.565. The molecule has 92 valence electrons. The van der Waals surface area contributed by atoms with Crippen molar-refractivity contribution in [2.75, 3.05) is 0 Å². The molecule has 0 amide bonds. The van der Waals surface area contributed by atoms with E-state index in [4.69, 9.17) is 5.11 Å². The van der Waals surface area contributed by atoms with Crippen LogP contribution >= 0.6 is 0 Å². The lowest BCUT2D eigenvalue weighted by Crippen LogP contribution is -2.65. The van der Waals surface area contributed by atoms with E-state index in [-0.39, 0.29) is 5.84 Å². The van der Waals surface area contributed by atoms with Gasteiger partial charge in [0, 0.05) is 12.4 Å². The summed E-state index contributed by atoms with van der Waals surface area (Å²) in [6, 6.07) is 0. The molecule has 2 aliphatic heterocycles. The first-order chi connectivity index (χ1) is 7.80. The average molecular weight is 239 g/mol. The number of fused-ring (bicyclic) bond motifs is 1. The Morgan fingerprint density at radius 2 is 2.18 bits per heavy atom. The lowest BCUT2D eigenvalue weighted by atomic mass is 9.85. The second-order valence-electron chi connectivity index (χ2n) is 4.26. The average Bonchev–Trinajstić information content (AvgIpc) is 2.26. The summed E-state index contributed by atoms with van der Waals surface area (Å²) in [7, 11) is 0. The minimum atomic E-state index is -2.35. The lowest BCUT2D eigenvalue weighted by Gasteiger charge is -2.48. The van der Waals surface area contributed by atoms with Gasteiger partial charge in [-0.3, -0.25) is 4.99 Å². The van der Waals surface area contributed by atoms with Crippen molar-refractivity contribution in [3.63, 3.8) is 0 Å². The van der Waals surface area contributed by atoms with Gasteiger partial charge in [-0.1, -0.05) is 6.92 Å². The van der Waals surface area contributed by atoms with Crippen LogP contribution in [0, 0.1) is 5.92 Å². The molecule has 0 aromatic rings. The van der Waals surface area contributed by atoms with Crippen LogP contribution in [0.2, 0.25) is 0 Å². The van der Waals surface area contributed by atoms with Crippen LogP contribution in [-0.2, 0) is 4.79 Å². The van der Waals surface area contributed by atoms with Crippen molar-refractivity contribution in [1.82, 2.24) is 4.90 Å². The van der Waals surface area contributed by atoms with E-state index in [1.165, 1.54) is 37.4 Å². The molecule has 7 heteroatoms. The van der Waals surface area contributed by atoms with Crippen LogP contribution in [0.15, 0.2) is 22.4 Å². The Bertz CT molecular complexity index is 454. The van der Waals surface area contributed by atoms with Gasteiger partial charge in [0.25, 0.3) is 5.72 Å². The number of carbonyl (C=O) groups is 1. The SMILES string of the molecule is CC1C(O)(C(=O)O)N=C2C=NC=CN2C1(C)O. The maximum absolute atomic E-state index is 11.1. The van der Waals surface area contributed by atoms with E-state index in [0.29, 0.717) is 0 Å². The number of hydrogen-bond acceptors (Lipinski definition) is 6. The Balaban J connectivity index is 2.59. The van der Waals surface area contributed by atoms with E-state index in [0.717, 1.165) is 0 Å².